The number of nitrogens with zero attached hydrogens (tertiary/aromatic N) is 2. The Labute approximate surface area is 119 Å². The first-order chi connectivity index (χ1) is 9.72. The Morgan fingerprint density at radius 2 is 2.00 bits per heavy atom. The summed E-state index contributed by atoms with van der Waals surface area (Å²) < 4.78 is 1.83. The van der Waals surface area contributed by atoms with E-state index in [1.807, 2.05) is 28.8 Å². The van der Waals surface area contributed by atoms with Crippen LogP contribution in [0.25, 0.3) is 10.9 Å². The lowest BCUT2D eigenvalue weighted by atomic mass is 10.1. The molecule has 0 aliphatic heterocycles. The van der Waals surface area contributed by atoms with Crippen molar-refractivity contribution in [1.29, 1.82) is 0 Å². The Morgan fingerprint density at radius 1 is 1.25 bits per heavy atom. The van der Waals surface area contributed by atoms with Gasteiger partial charge in [-0.15, -0.1) is 0 Å². The first-order valence-corrected chi connectivity index (χ1v) is 7.45. The molecule has 20 heavy (non-hydrogen) atoms. The molecule has 0 saturated carbocycles. The van der Waals surface area contributed by atoms with Gasteiger partial charge in [-0.25, -0.2) is 4.98 Å². The lowest BCUT2D eigenvalue weighted by Crippen LogP contribution is -2.32. The molecule has 2 rings (SSSR count). The second kappa shape index (κ2) is 6.66. The minimum Gasteiger partial charge on any atom is -0.308 e. The van der Waals surface area contributed by atoms with Gasteiger partial charge in [0.25, 0.3) is 5.56 Å². The number of hydrogen-bond acceptors (Lipinski definition) is 3. The molecule has 0 bridgehead atoms. The highest BCUT2D eigenvalue weighted by Gasteiger charge is 2.17. The highest BCUT2D eigenvalue weighted by atomic mass is 16.1. The average molecular weight is 273 g/mol. The van der Waals surface area contributed by atoms with Crippen LogP contribution < -0.4 is 10.9 Å². The lowest BCUT2D eigenvalue weighted by Gasteiger charge is -2.20. The van der Waals surface area contributed by atoms with E-state index in [4.69, 9.17) is 4.98 Å². The molecule has 0 aliphatic carbocycles. The number of nitrogens with one attached hydrogen (secondary N) is 1. The molecule has 2 aromatic rings. The molecule has 4 heteroatoms. The molecular weight excluding hydrogens is 250 g/mol. The second-order valence-corrected chi connectivity index (χ2v) is 4.96. The van der Waals surface area contributed by atoms with E-state index in [1.165, 1.54) is 0 Å². The van der Waals surface area contributed by atoms with Gasteiger partial charge in [0.15, 0.2) is 0 Å². The second-order valence-electron chi connectivity index (χ2n) is 4.96. The van der Waals surface area contributed by atoms with Crippen LogP contribution >= 0.6 is 0 Å². The molecular formula is C16H23N3O. The van der Waals surface area contributed by atoms with E-state index < -0.39 is 0 Å². The molecule has 1 aromatic heterocycles. The normalized spacial score (nSPS) is 12.8. The maximum Gasteiger partial charge on any atom is 0.261 e. The minimum absolute atomic E-state index is 0.0730. The van der Waals surface area contributed by atoms with Crippen molar-refractivity contribution in [1.82, 2.24) is 14.9 Å². The number of rotatable bonds is 6. The summed E-state index contributed by atoms with van der Waals surface area (Å²) >= 11 is 0. The average Bonchev–Trinajstić information content (AvgIpc) is 2.48. The fourth-order valence-electron chi connectivity index (χ4n) is 2.56. The SMILES string of the molecule is CCCn1c([C@H](CC)NCC)nc2ccccc2c1=O. The first-order valence-electron chi connectivity index (χ1n) is 7.45. The molecule has 0 unspecified atom stereocenters. The number of aromatic nitrogens is 2. The smallest absolute Gasteiger partial charge is 0.261 e. The molecule has 4 nitrogen and oxygen atoms in total. The lowest BCUT2D eigenvalue weighted by molar-refractivity contribution is 0.467. The highest BCUT2D eigenvalue weighted by Crippen LogP contribution is 2.17. The predicted molar refractivity (Wildman–Crippen MR) is 83.0 cm³/mol. The van der Waals surface area contributed by atoms with Crippen molar-refractivity contribution in [3.8, 4) is 0 Å². The van der Waals surface area contributed by atoms with Crippen LogP contribution in [0.2, 0.25) is 0 Å². The summed E-state index contributed by atoms with van der Waals surface area (Å²) in [5.41, 5.74) is 0.861. The standard InChI is InChI=1S/C16H23N3O/c1-4-11-19-15(13(5-2)17-6-3)18-14-10-8-7-9-12(14)16(19)20/h7-10,13,17H,4-6,11H2,1-3H3/t13-/m0/s1. The molecule has 0 saturated heterocycles. The Bertz CT molecular complexity index is 633. The van der Waals surface area contributed by atoms with Crippen molar-refractivity contribution in [2.45, 2.75) is 46.2 Å². The topological polar surface area (TPSA) is 46.9 Å². The van der Waals surface area contributed by atoms with Crippen molar-refractivity contribution in [2.75, 3.05) is 6.54 Å². The maximum atomic E-state index is 12.7. The van der Waals surface area contributed by atoms with E-state index in [0.29, 0.717) is 11.9 Å². The van der Waals surface area contributed by atoms with Gasteiger partial charge in [0.1, 0.15) is 5.82 Å². The van der Waals surface area contributed by atoms with Gasteiger partial charge in [-0.1, -0.05) is 32.9 Å². The van der Waals surface area contributed by atoms with E-state index in [-0.39, 0.29) is 11.6 Å². The number of benzene rings is 1. The van der Waals surface area contributed by atoms with Crippen molar-refractivity contribution in [2.24, 2.45) is 0 Å². The summed E-state index contributed by atoms with van der Waals surface area (Å²) in [6, 6.07) is 7.72. The molecule has 1 aromatic carbocycles. The number of hydrogen-bond donors (Lipinski definition) is 1. The summed E-state index contributed by atoms with van der Waals surface area (Å²) in [4.78, 5) is 17.4. The third kappa shape index (κ3) is 2.75. The fourth-order valence-corrected chi connectivity index (χ4v) is 2.56. The molecule has 0 spiro atoms. The largest absolute Gasteiger partial charge is 0.308 e. The van der Waals surface area contributed by atoms with Crippen molar-refractivity contribution >= 4 is 10.9 Å². The molecule has 0 fully saturated rings. The summed E-state index contributed by atoms with van der Waals surface area (Å²) in [7, 11) is 0. The maximum absolute atomic E-state index is 12.7. The summed E-state index contributed by atoms with van der Waals surface area (Å²) in [6.07, 6.45) is 1.85. The highest BCUT2D eigenvalue weighted by molar-refractivity contribution is 5.77. The van der Waals surface area contributed by atoms with Gasteiger partial charge in [0.2, 0.25) is 0 Å². The Hall–Kier alpha value is -1.68. The van der Waals surface area contributed by atoms with Crippen LogP contribution in [0.4, 0.5) is 0 Å². The van der Waals surface area contributed by atoms with E-state index in [1.54, 1.807) is 0 Å². The molecule has 1 N–H and O–H groups in total. The van der Waals surface area contributed by atoms with Gasteiger partial charge in [-0.3, -0.25) is 9.36 Å². The van der Waals surface area contributed by atoms with Gasteiger partial charge in [-0.05, 0) is 31.5 Å². The predicted octanol–water partition coefficient (Wildman–Crippen LogP) is 2.87. The monoisotopic (exact) mass is 273 g/mol. The minimum atomic E-state index is 0.0730. The van der Waals surface area contributed by atoms with Gasteiger partial charge in [0, 0.05) is 6.54 Å². The van der Waals surface area contributed by atoms with Crippen LogP contribution in [0.15, 0.2) is 29.1 Å². The Morgan fingerprint density at radius 3 is 2.65 bits per heavy atom. The molecule has 0 aliphatic rings. The van der Waals surface area contributed by atoms with E-state index in [0.717, 1.165) is 30.7 Å². The van der Waals surface area contributed by atoms with Crippen LogP contribution in [-0.4, -0.2) is 16.1 Å². The zero-order valence-corrected chi connectivity index (χ0v) is 12.5. The van der Waals surface area contributed by atoms with Crippen molar-refractivity contribution < 1.29 is 0 Å². The molecule has 108 valence electrons. The van der Waals surface area contributed by atoms with E-state index >= 15 is 0 Å². The molecule has 0 amide bonds. The van der Waals surface area contributed by atoms with Gasteiger partial charge in [0.05, 0.1) is 16.9 Å². The number of para-hydroxylation sites is 1. The Kier molecular flexibility index (Phi) is 4.90. The van der Waals surface area contributed by atoms with Crippen molar-refractivity contribution in [3.05, 3.63) is 40.4 Å². The summed E-state index contributed by atoms with van der Waals surface area (Å²) in [6.45, 7) is 7.86. The van der Waals surface area contributed by atoms with Crippen LogP contribution in [0.5, 0.6) is 0 Å². The van der Waals surface area contributed by atoms with Crippen LogP contribution in [-0.2, 0) is 6.54 Å². The van der Waals surface area contributed by atoms with Gasteiger partial charge in [-0.2, -0.15) is 0 Å². The third-order valence-corrected chi connectivity index (χ3v) is 3.51. The quantitative estimate of drug-likeness (QED) is 0.880. The number of fused-ring (bicyclic) bond motifs is 1. The molecule has 1 atom stereocenters. The van der Waals surface area contributed by atoms with Gasteiger partial charge < -0.3 is 5.32 Å². The van der Waals surface area contributed by atoms with Gasteiger partial charge >= 0.3 is 0 Å². The van der Waals surface area contributed by atoms with E-state index in [9.17, 15) is 4.79 Å². The zero-order chi connectivity index (χ0) is 14.5. The van der Waals surface area contributed by atoms with Crippen LogP contribution in [0, 0.1) is 0 Å². The Balaban J connectivity index is 2.67. The van der Waals surface area contributed by atoms with E-state index in [2.05, 4.69) is 26.1 Å². The molecule has 0 radical (unpaired) electrons. The molecule has 1 heterocycles. The first kappa shape index (κ1) is 14.7. The fraction of sp³-hybridized carbons (Fsp3) is 0.500. The summed E-state index contributed by atoms with van der Waals surface area (Å²) in [5.74, 6) is 0.861. The third-order valence-electron chi connectivity index (χ3n) is 3.51. The van der Waals surface area contributed by atoms with Crippen LogP contribution in [0.3, 0.4) is 0 Å². The zero-order valence-electron chi connectivity index (χ0n) is 12.5. The van der Waals surface area contributed by atoms with Crippen molar-refractivity contribution in [3.63, 3.8) is 0 Å². The van der Waals surface area contributed by atoms with Crippen LogP contribution in [0.1, 0.15) is 45.5 Å². The summed E-state index contributed by atoms with van der Waals surface area (Å²) in [5, 5.41) is 4.12.